The zero-order valence-electron chi connectivity index (χ0n) is 8.97. The maximum atomic E-state index is 10.6. The standard InChI is InChI=1S/C12H13N3O/c1-9-2-4-10(5-3-9)14-12-8-11(15-16)6-7-13-12/h2-8H,15H2,1H3,(H,13,14). The number of anilines is 2. The first-order chi connectivity index (χ1) is 7.78. The molecule has 2 aromatic rings. The highest BCUT2D eigenvalue weighted by atomic mass is 16.5. The van der Waals surface area contributed by atoms with E-state index in [0.717, 1.165) is 11.2 Å². The van der Waals surface area contributed by atoms with Crippen molar-refractivity contribution in [1.82, 2.24) is 4.98 Å². The van der Waals surface area contributed by atoms with Gasteiger partial charge in [-0.2, -0.15) is 0 Å². The summed E-state index contributed by atoms with van der Waals surface area (Å²) in [6, 6.07) is 11.4. The molecule has 16 heavy (non-hydrogen) atoms. The third-order valence-electron chi connectivity index (χ3n) is 2.24. The fourth-order valence-corrected chi connectivity index (χ4v) is 1.37. The van der Waals surface area contributed by atoms with E-state index in [0.29, 0.717) is 11.5 Å². The summed E-state index contributed by atoms with van der Waals surface area (Å²) in [7, 11) is 0. The fraction of sp³-hybridized carbons (Fsp3) is 0.0833. The number of nitrogens with one attached hydrogen (secondary N) is 1. The number of pyridine rings is 1. The first-order valence-corrected chi connectivity index (χ1v) is 5.03. The van der Waals surface area contributed by atoms with E-state index in [2.05, 4.69) is 10.3 Å². The number of rotatable bonds is 3. The third kappa shape index (κ3) is 2.56. The fourth-order valence-electron chi connectivity index (χ4n) is 1.37. The summed E-state index contributed by atoms with van der Waals surface area (Å²) in [6.07, 6.45) is 1.61. The van der Waals surface area contributed by atoms with Gasteiger partial charge in [0.25, 0.3) is 0 Å². The van der Waals surface area contributed by atoms with Crippen LogP contribution in [0, 0.1) is 12.1 Å². The Hall–Kier alpha value is -1.91. The van der Waals surface area contributed by atoms with Crippen molar-refractivity contribution in [1.29, 1.82) is 0 Å². The van der Waals surface area contributed by atoms with Gasteiger partial charge in [0, 0.05) is 24.0 Å². The van der Waals surface area contributed by atoms with Crippen LogP contribution in [0.4, 0.5) is 17.2 Å². The number of nitrogens with zero attached hydrogens (tertiary/aromatic N) is 1. The van der Waals surface area contributed by atoms with E-state index in [1.807, 2.05) is 31.2 Å². The minimum absolute atomic E-state index is 0.615. The molecule has 0 unspecified atom stereocenters. The molecule has 0 amide bonds. The van der Waals surface area contributed by atoms with Gasteiger partial charge in [-0.25, -0.2) is 4.98 Å². The molecule has 1 aromatic heterocycles. The molecule has 0 atom stereocenters. The van der Waals surface area contributed by atoms with Gasteiger partial charge < -0.3 is 16.0 Å². The molecule has 0 aliphatic heterocycles. The summed E-state index contributed by atoms with van der Waals surface area (Å²) in [5.41, 5.74) is 3.59. The molecular formula is C12H13N3O. The molecule has 3 N–H and O–H groups in total. The highest BCUT2D eigenvalue weighted by Gasteiger charge is 1.98. The average Bonchev–Trinajstić information content (AvgIpc) is 2.32. The smallest absolute Gasteiger partial charge is 0.136 e. The zero-order chi connectivity index (χ0) is 11.4. The highest BCUT2D eigenvalue weighted by molar-refractivity contribution is 5.58. The molecule has 4 heteroatoms. The van der Waals surface area contributed by atoms with Crippen molar-refractivity contribution < 1.29 is 5.48 Å². The molecule has 82 valence electrons. The predicted molar refractivity (Wildman–Crippen MR) is 63.7 cm³/mol. The monoisotopic (exact) mass is 215 g/mol. The summed E-state index contributed by atoms with van der Waals surface area (Å²) in [6.45, 7) is 2.04. The topological polar surface area (TPSA) is 64.6 Å². The predicted octanol–water partition coefficient (Wildman–Crippen LogP) is 1.83. The van der Waals surface area contributed by atoms with Crippen molar-refractivity contribution in [2.75, 3.05) is 5.32 Å². The Bertz CT molecular complexity index is 468. The molecule has 0 aliphatic carbocycles. The first-order valence-electron chi connectivity index (χ1n) is 5.03. The Balaban J connectivity index is 2.16. The van der Waals surface area contributed by atoms with E-state index >= 15 is 0 Å². The Morgan fingerprint density at radius 2 is 1.94 bits per heavy atom. The Kier molecular flexibility index (Phi) is 3.14. The molecule has 0 saturated carbocycles. The quantitative estimate of drug-likeness (QED) is 0.768. The lowest BCUT2D eigenvalue weighted by molar-refractivity contribution is -0.497. The van der Waals surface area contributed by atoms with Gasteiger partial charge in [-0.05, 0) is 19.1 Å². The normalized spacial score (nSPS) is 10.1. The molecule has 0 bridgehead atoms. The maximum absolute atomic E-state index is 10.6. The highest BCUT2D eigenvalue weighted by Crippen LogP contribution is 2.16. The van der Waals surface area contributed by atoms with Crippen LogP contribution in [-0.2, 0) is 0 Å². The second kappa shape index (κ2) is 4.74. The van der Waals surface area contributed by atoms with Crippen molar-refractivity contribution in [3.8, 4) is 0 Å². The van der Waals surface area contributed by atoms with Crippen molar-refractivity contribution in [3.05, 3.63) is 53.4 Å². The molecule has 0 saturated heterocycles. The van der Waals surface area contributed by atoms with Gasteiger partial charge in [-0.1, -0.05) is 17.7 Å². The number of aromatic nitrogens is 1. The van der Waals surface area contributed by atoms with Crippen LogP contribution in [0.25, 0.3) is 0 Å². The Labute approximate surface area is 93.9 Å². The summed E-state index contributed by atoms with van der Waals surface area (Å²) in [5, 5.41) is 13.7. The lowest BCUT2D eigenvalue weighted by Crippen LogP contribution is -2.70. The number of aryl methyl sites for hydroxylation is 1. The lowest BCUT2D eigenvalue weighted by Gasteiger charge is -2.07. The number of hydrogen-bond donors (Lipinski definition) is 2. The van der Waals surface area contributed by atoms with E-state index in [1.165, 1.54) is 5.56 Å². The molecule has 0 radical (unpaired) electrons. The molecule has 0 spiro atoms. The lowest BCUT2D eigenvalue weighted by atomic mass is 10.2. The van der Waals surface area contributed by atoms with Crippen LogP contribution in [0.3, 0.4) is 0 Å². The minimum Gasteiger partial charge on any atom is -0.630 e. The molecule has 1 aromatic carbocycles. The minimum atomic E-state index is 0.615. The van der Waals surface area contributed by atoms with Gasteiger partial charge in [0.05, 0.1) is 0 Å². The van der Waals surface area contributed by atoms with Gasteiger partial charge in [-0.15, -0.1) is 0 Å². The summed E-state index contributed by atoms with van der Waals surface area (Å²) in [5.74, 6) is 0.674. The Morgan fingerprint density at radius 3 is 2.62 bits per heavy atom. The zero-order valence-corrected chi connectivity index (χ0v) is 8.97. The number of hydrogen-bond acceptors (Lipinski definition) is 3. The van der Waals surface area contributed by atoms with Crippen LogP contribution in [0.5, 0.6) is 0 Å². The van der Waals surface area contributed by atoms with Crippen LogP contribution < -0.4 is 10.8 Å². The second-order valence-corrected chi connectivity index (χ2v) is 3.58. The van der Waals surface area contributed by atoms with E-state index in [4.69, 9.17) is 0 Å². The van der Waals surface area contributed by atoms with Crippen LogP contribution in [0.2, 0.25) is 0 Å². The molecule has 0 fully saturated rings. The van der Waals surface area contributed by atoms with Crippen molar-refractivity contribution >= 4 is 17.2 Å². The number of benzene rings is 1. The third-order valence-corrected chi connectivity index (χ3v) is 2.24. The van der Waals surface area contributed by atoms with Gasteiger partial charge >= 0.3 is 0 Å². The molecule has 1 heterocycles. The van der Waals surface area contributed by atoms with Gasteiger partial charge in [-0.3, -0.25) is 0 Å². The molecule has 4 nitrogen and oxygen atoms in total. The van der Waals surface area contributed by atoms with Gasteiger partial charge in [0.15, 0.2) is 0 Å². The van der Waals surface area contributed by atoms with Gasteiger partial charge in [0.1, 0.15) is 11.5 Å². The molecular weight excluding hydrogens is 202 g/mol. The van der Waals surface area contributed by atoms with Crippen LogP contribution in [-0.4, -0.2) is 4.98 Å². The van der Waals surface area contributed by atoms with E-state index < -0.39 is 0 Å². The van der Waals surface area contributed by atoms with E-state index in [1.54, 1.807) is 18.3 Å². The Morgan fingerprint density at radius 1 is 1.19 bits per heavy atom. The second-order valence-electron chi connectivity index (χ2n) is 3.58. The number of quaternary nitrogens is 1. The summed E-state index contributed by atoms with van der Waals surface area (Å²) >= 11 is 0. The SMILES string of the molecule is Cc1ccc(Nc2cc([NH2+][O-])ccn2)cc1. The average molecular weight is 215 g/mol. The first kappa shape index (κ1) is 10.6. The largest absolute Gasteiger partial charge is 0.630 e. The van der Waals surface area contributed by atoms with Crippen LogP contribution in [0.15, 0.2) is 42.6 Å². The molecule has 2 rings (SSSR count). The van der Waals surface area contributed by atoms with E-state index in [9.17, 15) is 5.21 Å². The number of nitrogens with two attached hydrogens (primary N) is 1. The summed E-state index contributed by atoms with van der Waals surface area (Å²) in [4.78, 5) is 4.14. The maximum Gasteiger partial charge on any atom is 0.136 e. The van der Waals surface area contributed by atoms with E-state index in [-0.39, 0.29) is 0 Å². The van der Waals surface area contributed by atoms with Crippen molar-refractivity contribution in [2.24, 2.45) is 0 Å². The van der Waals surface area contributed by atoms with Crippen LogP contribution in [0.1, 0.15) is 5.56 Å². The van der Waals surface area contributed by atoms with Crippen molar-refractivity contribution in [3.63, 3.8) is 0 Å². The van der Waals surface area contributed by atoms with Crippen LogP contribution >= 0.6 is 0 Å². The van der Waals surface area contributed by atoms with Crippen molar-refractivity contribution in [2.45, 2.75) is 6.92 Å². The summed E-state index contributed by atoms with van der Waals surface area (Å²) < 4.78 is 0. The van der Waals surface area contributed by atoms with Gasteiger partial charge in [0.2, 0.25) is 0 Å². The molecule has 0 aliphatic rings.